The van der Waals surface area contributed by atoms with Crippen molar-refractivity contribution in [2.45, 2.75) is 25.8 Å². The lowest BCUT2D eigenvalue weighted by Crippen LogP contribution is -2.45. The fourth-order valence-corrected chi connectivity index (χ4v) is 3.06. The fourth-order valence-electron chi connectivity index (χ4n) is 2.37. The lowest BCUT2D eigenvalue weighted by molar-refractivity contribution is 0.0719. The molecule has 1 N–H and O–H groups in total. The van der Waals surface area contributed by atoms with Crippen molar-refractivity contribution in [3.05, 3.63) is 28.3 Å². The lowest BCUT2D eigenvalue weighted by atomic mass is 10.1. The van der Waals surface area contributed by atoms with Gasteiger partial charge in [0.15, 0.2) is 0 Å². The van der Waals surface area contributed by atoms with Crippen LogP contribution in [0.3, 0.4) is 0 Å². The fraction of sp³-hybridized carbons (Fsp3) is 0.462. The first kappa shape index (κ1) is 13.1. The summed E-state index contributed by atoms with van der Waals surface area (Å²) in [6.45, 7) is 3.22. The number of thiophene rings is 1. The molecule has 106 valence electrons. The molecule has 1 amide bonds. The number of aryl methyl sites for hydroxylation is 1. The molecule has 1 fully saturated rings. The van der Waals surface area contributed by atoms with Crippen LogP contribution in [-0.4, -0.2) is 40.1 Å². The van der Waals surface area contributed by atoms with Gasteiger partial charge in [-0.1, -0.05) is 11.2 Å². The van der Waals surface area contributed by atoms with E-state index in [0.717, 1.165) is 24.3 Å². The van der Waals surface area contributed by atoms with E-state index in [2.05, 4.69) is 15.5 Å². The average molecular weight is 292 g/mol. The van der Waals surface area contributed by atoms with E-state index in [1.54, 1.807) is 6.92 Å². The molecule has 2 aromatic rings. The van der Waals surface area contributed by atoms with Gasteiger partial charge in [0.2, 0.25) is 5.89 Å². The highest BCUT2D eigenvalue weighted by Crippen LogP contribution is 2.19. The van der Waals surface area contributed by atoms with Crippen molar-refractivity contribution < 1.29 is 9.21 Å². The summed E-state index contributed by atoms with van der Waals surface area (Å²) in [5.74, 6) is 0.642. The van der Waals surface area contributed by atoms with Crippen LogP contribution < -0.4 is 5.32 Å². The quantitative estimate of drug-likeness (QED) is 0.938. The Kier molecular flexibility index (Phi) is 3.68. The van der Waals surface area contributed by atoms with Crippen LogP contribution in [0.15, 0.2) is 21.9 Å². The number of aromatic nitrogens is 2. The maximum absolute atomic E-state index is 12.3. The van der Waals surface area contributed by atoms with Gasteiger partial charge in [0, 0.05) is 26.1 Å². The molecule has 7 heteroatoms. The molecule has 1 atom stereocenters. The standard InChI is InChI=1S/C13H16N4O2S/c1-9-15-16-13(19-9)14-10-4-2-6-17(8-10)12(18)11-5-3-7-20-11/h3,5,7,10H,2,4,6,8H2,1H3,(H,14,16). The minimum atomic E-state index is 0.105. The first-order valence-electron chi connectivity index (χ1n) is 6.62. The van der Waals surface area contributed by atoms with Gasteiger partial charge >= 0.3 is 6.01 Å². The maximum atomic E-state index is 12.3. The van der Waals surface area contributed by atoms with E-state index in [9.17, 15) is 4.79 Å². The molecule has 6 nitrogen and oxygen atoms in total. The summed E-state index contributed by atoms with van der Waals surface area (Å²) in [4.78, 5) is 15.0. The second-order valence-corrected chi connectivity index (χ2v) is 5.79. The number of piperidine rings is 1. The number of hydrogen-bond donors (Lipinski definition) is 1. The van der Waals surface area contributed by atoms with Gasteiger partial charge in [-0.25, -0.2) is 0 Å². The zero-order chi connectivity index (χ0) is 13.9. The average Bonchev–Trinajstić information content (AvgIpc) is 3.10. The zero-order valence-electron chi connectivity index (χ0n) is 11.2. The third-order valence-corrected chi connectivity index (χ3v) is 4.15. The number of likely N-dealkylation sites (tertiary alicyclic amines) is 1. The molecular weight excluding hydrogens is 276 g/mol. The molecule has 3 heterocycles. The molecule has 0 bridgehead atoms. The Morgan fingerprint density at radius 1 is 1.55 bits per heavy atom. The van der Waals surface area contributed by atoms with E-state index < -0.39 is 0 Å². The summed E-state index contributed by atoms with van der Waals surface area (Å²) in [5.41, 5.74) is 0. The van der Waals surface area contributed by atoms with Crippen LogP contribution >= 0.6 is 11.3 Å². The van der Waals surface area contributed by atoms with Gasteiger partial charge in [0.1, 0.15) is 0 Å². The molecule has 0 aromatic carbocycles. The summed E-state index contributed by atoms with van der Waals surface area (Å²) in [5, 5.41) is 12.8. The van der Waals surface area contributed by atoms with Crippen molar-refractivity contribution in [1.29, 1.82) is 0 Å². The van der Waals surface area contributed by atoms with Crippen molar-refractivity contribution in [2.75, 3.05) is 18.4 Å². The van der Waals surface area contributed by atoms with Gasteiger partial charge in [-0.2, -0.15) is 0 Å². The zero-order valence-corrected chi connectivity index (χ0v) is 12.0. The Bertz CT molecular complexity index is 581. The van der Waals surface area contributed by atoms with Gasteiger partial charge in [0.05, 0.1) is 4.88 Å². The second-order valence-electron chi connectivity index (χ2n) is 4.84. The Balaban J connectivity index is 1.63. The van der Waals surface area contributed by atoms with E-state index in [4.69, 9.17) is 4.42 Å². The highest BCUT2D eigenvalue weighted by molar-refractivity contribution is 7.12. The number of anilines is 1. The number of amides is 1. The number of carbonyl (C=O) groups is 1. The highest BCUT2D eigenvalue weighted by atomic mass is 32.1. The number of nitrogens with one attached hydrogen (secondary N) is 1. The van der Waals surface area contributed by atoms with Gasteiger partial charge in [0.25, 0.3) is 5.91 Å². The molecule has 20 heavy (non-hydrogen) atoms. The van der Waals surface area contributed by atoms with E-state index in [1.165, 1.54) is 11.3 Å². The van der Waals surface area contributed by atoms with Crippen molar-refractivity contribution in [3.63, 3.8) is 0 Å². The Morgan fingerprint density at radius 3 is 3.15 bits per heavy atom. The summed E-state index contributed by atoms with van der Waals surface area (Å²) < 4.78 is 5.32. The van der Waals surface area contributed by atoms with Crippen LogP contribution in [0.1, 0.15) is 28.4 Å². The van der Waals surface area contributed by atoms with Crippen LogP contribution in [0.4, 0.5) is 6.01 Å². The highest BCUT2D eigenvalue weighted by Gasteiger charge is 2.25. The summed E-state index contributed by atoms with van der Waals surface area (Å²) in [6, 6.07) is 4.36. The summed E-state index contributed by atoms with van der Waals surface area (Å²) in [7, 11) is 0. The van der Waals surface area contributed by atoms with E-state index in [1.807, 2.05) is 22.4 Å². The number of rotatable bonds is 3. The largest absolute Gasteiger partial charge is 0.408 e. The predicted molar refractivity (Wildman–Crippen MR) is 75.9 cm³/mol. The van der Waals surface area contributed by atoms with Crippen LogP contribution in [-0.2, 0) is 0 Å². The van der Waals surface area contributed by atoms with Gasteiger partial charge < -0.3 is 14.6 Å². The number of hydrogen-bond acceptors (Lipinski definition) is 6. The topological polar surface area (TPSA) is 71.3 Å². The lowest BCUT2D eigenvalue weighted by Gasteiger charge is -2.32. The Morgan fingerprint density at radius 2 is 2.45 bits per heavy atom. The van der Waals surface area contributed by atoms with E-state index >= 15 is 0 Å². The Hall–Kier alpha value is -1.89. The molecule has 0 radical (unpaired) electrons. The monoisotopic (exact) mass is 292 g/mol. The maximum Gasteiger partial charge on any atom is 0.315 e. The molecule has 3 rings (SSSR count). The van der Waals surface area contributed by atoms with Gasteiger partial charge in [-0.05, 0) is 24.3 Å². The minimum absolute atomic E-state index is 0.105. The molecule has 1 aliphatic rings. The Labute approximate surface area is 120 Å². The summed E-state index contributed by atoms with van der Waals surface area (Å²) in [6.07, 6.45) is 1.97. The van der Waals surface area contributed by atoms with Crippen LogP contribution in [0.25, 0.3) is 0 Å². The van der Waals surface area contributed by atoms with E-state index in [-0.39, 0.29) is 11.9 Å². The minimum Gasteiger partial charge on any atom is -0.408 e. The first-order valence-corrected chi connectivity index (χ1v) is 7.50. The third-order valence-electron chi connectivity index (χ3n) is 3.29. The normalized spacial score (nSPS) is 19.1. The molecule has 0 saturated carbocycles. The third kappa shape index (κ3) is 2.82. The number of nitrogens with zero attached hydrogens (tertiary/aromatic N) is 3. The van der Waals surface area contributed by atoms with Crippen molar-refractivity contribution in [1.82, 2.24) is 15.1 Å². The van der Waals surface area contributed by atoms with Crippen LogP contribution in [0.5, 0.6) is 0 Å². The smallest absolute Gasteiger partial charge is 0.315 e. The van der Waals surface area contributed by atoms with Crippen LogP contribution in [0.2, 0.25) is 0 Å². The molecule has 1 unspecified atom stereocenters. The van der Waals surface area contributed by atoms with Crippen molar-refractivity contribution >= 4 is 23.3 Å². The predicted octanol–water partition coefficient (Wildman–Crippen LogP) is 2.16. The molecule has 0 aliphatic carbocycles. The van der Waals surface area contributed by atoms with Crippen LogP contribution in [0, 0.1) is 6.92 Å². The molecular formula is C13H16N4O2S. The van der Waals surface area contributed by atoms with Crippen molar-refractivity contribution in [2.24, 2.45) is 0 Å². The molecule has 0 spiro atoms. The molecule has 1 saturated heterocycles. The molecule has 2 aromatic heterocycles. The van der Waals surface area contributed by atoms with Crippen molar-refractivity contribution in [3.8, 4) is 0 Å². The molecule has 1 aliphatic heterocycles. The second kappa shape index (κ2) is 5.62. The number of carbonyl (C=O) groups excluding carboxylic acids is 1. The van der Waals surface area contributed by atoms with Gasteiger partial charge in [-0.3, -0.25) is 4.79 Å². The SMILES string of the molecule is Cc1nnc(NC2CCCN(C(=O)c3cccs3)C2)o1. The first-order chi connectivity index (χ1) is 9.72. The summed E-state index contributed by atoms with van der Waals surface area (Å²) >= 11 is 1.48. The van der Waals surface area contributed by atoms with Gasteiger partial charge in [-0.15, -0.1) is 16.4 Å². The van der Waals surface area contributed by atoms with E-state index in [0.29, 0.717) is 18.5 Å².